The SMILES string of the molecule is CCc1cc(C(N)c2c(F)ccc(C)c2F)n(CC)n1. The summed E-state index contributed by atoms with van der Waals surface area (Å²) in [6, 6.07) is 3.62. The number of halogens is 2. The van der Waals surface area contributed by atoms with Crippen LogP contribution in [0.25, 0.3) is 0 Å². The minimum Gasteiger partial charge on any atom is -0.319 e. The summed E-state index contributed by atoms with van der Waals surface area (Å²) in [6.07, 6.45) is 0.755. The van der Waals surface area contributed by atoms with Gasteiger partial charge in [-0.25, -0.2) is 8.78 Å². The van der Waals surface area contributed by atoms with Gasteiger partial charge in [0, 0.05) is 12.1 Å². The van der Waals surface area contributed by atoms with Gasteiger partial charge in [0.15, 0.2) is 0 Å². The molecule has 0 fully saturated rings. The van der Waals surface area contributed by atoms with Crippen LogP contribution in [0, 0.1) is 18.6 Å². The second kappa shape index (κ2) is 5.71. The minimum absolute atomic E-state index is 0.0951. The molecule has 1 aromatic carbocycles. The van der Waals surface area contributed by atoms with E-state index < -0.39 is 17.7 Å². The van der Waals surface area contributed by atoms with Crippen molar-refractivity contribution in [3.8, 4) is 0 Å². The van der Waals surface area contributed by atoms with Gasteiger partial charge in [0.2, 0.25) is 0 Å². The van der Waals surface area contributed by atoms with Gasteiger partial charge in [-0.15, -0.1) is 0 Å². The van der Waals surface area contributed by atoms with E-state index in [1.165, 1.54) is 12.1 Å². The van der Waals surface area contributed by atoms with Crippen molar-refractivity contribution in [2.24, 2.45) is 5.73 Å². The predicted molar refractivity (Wildman–Crippen MR) is 74.4 cm³/mol. The lowest BCUT2D eigenvalue weighted by Crippen LogP contribution is -2.20. The topological polar surface area (TPSA) is 43.8 Å². The third-order valence-electron chi connectivity index (χ3n) is 3.47. The summed E-state index contributed by atoms with van der Waals surface area (Å²) in [5.41, 5.74) is 7.88. The molecular weight excluding hydrogens is 260 g/mol. The fraction of sp³-hybridized carbons (Fsp3) is 0.400. The number of hydrogen-bond acceptors (Lipinski definition) is 2. The highest BCUT2D eigenvalue weighted by Crippen LogP contribution is 2.27. The van der Waals surface area contributed by atoms with E-state index in [0.717, 1.165) is 12.1 Å². The Morgan fingerprint density at radius 2 is 2.00 bits per heavy atom. The number of hydrogen-bond donors (Lipinski definition) is 1. The van der Waals surface area contributed by atoms with Gasteiger partial charge in [0.05, 0.1) is 17.4 Å². The molecule has 108 valence electrons. The molecule has 0 amide bonds. The van der Waals surface area contributed by atoms with Gasteiger partial charge in [-0.1, -0.05) is 13.0 Å². The summed E-state index contributed by atoms with van der Waals surface area (Å²) in [6.45, 7) is 6.11. The summed E-state index contributed by atoms with van der Waals surface area (Å²) >= 11 is 0. The van der Waals surface area contributed by atoms with E-state index in [2.05, 4.69) is 5.10 Å². The maximum Gasteiger partial charge on any atom is 0.134 e. The molecule has 3 nitrogen and oxygen atoms in total. The van der Waals surface area contributed by atoms with Gasteiger partial charge in [-0.2, -0.15) is 5.10 Å². The van der Waals surface area contributed by atoms with Crippen LogP contribution in [0.3, 0.4) is 0 Å². The molecule has 2 rings (SSSR count). The first-order valence-electron chi connectivity index (χ1n) is 6.76. The Morgan fingerprint density at radius 3 is 2.60 bits per heavy atom. The monoisotopic (exact) mass is 279 g/mol. The Labute approximate surface area is 117 Å². The molecule has 0 radical (unpaired) electrons. The van der Waals surface area contributed by atoms with Crippen molar-refractivity contribution in [2.75, 3.05) is 0 Å². The molecule has 0 spiro atoms. The van der Waals surface area contributed by atoms with Gasteiger partial charge in [0.1, 0.15) is 11.6 Å². The Bertz CT molecular complexity index is 620. The highest BCUT2D eigenvalue weighted by Gasteiger charge is 2.23. The van der Waals surface area contributed by atoms with Gasteiger partial charge in [-0.3, -0.25) is 4.68 Å². The Kier molecular flexibility index (Phi) is 4.18. The molecule has 1 aromatic heterocycles. The van der Waals surface area contributed by atoms with E-state index >= 15 is 0 Å². The lowest BCUT2D eigenvalue weighted by atomic mass is 10.00. The quantitative estimate of drug-likeness (QED) is 0.934. The van der Waals surface area contributed by atoms with E-state index in [-0.39, 0.29) is 5.56 Å². The highest BCUT2D eigenvalue weighted by atomic mass is 19.1. The lowest BCUT2D eigenvalue weighted by Gasteiger charge is -2.16. The van der Waals surface area contributed by atoms with Crippen LogP contribution in [0.1, 0.15) is 42.4 Å². The van der Waals surface area contributed by atoms with Crippen LogP contribution in [0.4, 0.5) is 8.78 Å². The van der Waals surface area contributed by atoms with Gasteiger partial charge >= 0.3 is 0 Å². The van der Waals surface area contributed by atoms with Crippen molar-refractivity contribution < 1.29 is 8.78 Å². The molecule has 1 heterocycles. The number of nitrogens with zero attached hydrogens (tertiary/aromatic N) is 2. The van der Waals surface area contributed by atoms with E-state index in [4.69, 9.17) is 5.73 Å². The zero-order valence-electron chi connectivity index (χ0n) is 12.0. The fourth-order valence-electron chi connectivity index (χ4n) is 2.27. The molecular formula is C15H19F2N3. The molecule has 5 heteroatoms. The number of rotatable bonds is 4. The van der Waals surface area contributed by atoms with E-state index in [1.54, 1.807) is 11.6 Å². The third-order valence-corrected chi connectivity index (χ3v) is 3.47. The smallest absolute Gasteiger partial charge is 0.134 e. The summed E-state index contributed by atoms with van der Waals surface area (Å²) in [5.74, 6) is -1.21. The first kappa shape index (κ1) is 14.7. The van der Waals surface area contributed by atoms with E-state index in [9.17, 15) is 8.78 Å². The third kappa shape index (κ3) is 2.45. The maximum atomic E-state index is 14.2. The Hall–Kier alpha value is -1.75. The fourth-order valence-corrected chi connectivity index (χ4v) is 2.27. The van der Waals surface area contributed by atoms with Crippen molar-refractivity contribution in [1.29, 1.82) is 0 Å². The highest BCUT2D eigenvalue weighted by molar-refractivity contribution is 5.34. The Morgan fingerprint density at radius 1 is 1.30 bits per heavy atom. The summed E-state index contributed by atoms with van der Waals surface area (Å²) in [4.78, 5) is 0. The van der Waals surface area contributed by atoms with Crippen LogP contribution in [-0.2, 0) is 13.0 Å². The number of nitrogens with two attached hydrogens (primary N) is 1. The predicted octanol–water partition coefficient (Wildman–Crippen LogP) is 3.10. The number of benzene rings is 1. The minimum atomic E-state index is -0.859. The molecule has 20 heavy (non-hydrogen) atoms. The molecule has 0 aliphatic heterocycles. The molecule has 2 N–H and O–H groups in total. The van der Waals surface area contributed by atoms with Gasteiger partial charge in [-0.05, 0) is 38.0 Å². The molecule has 0 saturated carbocycles. The van der Waals surface area contributed by atoms with Crippen molar-refractivity contribution in [1.82, 2.24) is 9.78 Å². The summed E-state index contributed by atoms with van der Waals surface area (Å²) < 4.78 is 29.8. The van der Waals surface area contributed by atoms with Gasteiger partial charge < -0.3 is 5.73 Å². The summed E-state index contributed by atoms with van der Waals surface area (Å²) in [5, 5.41) is 4.37. The van der Waals surface area contributed by atoms with Crippen molar-refractivity contribution in [3.63, 3.8) is 0 Å². The molecule has 0 bridgehead atoms. The molecule has 1 atom stereocenters. The average molecular weight is 279 g/mol. The largest absolute Gasteiger partial charge is 0.319 e. The molecule has 0 aliphatic rings. The Balaban J connectivity index is 2.54. The van der Waals surface area contributed by atoms with Crippen LogP contribution in [-0.4, -0.2) is 9.78 Å². The average Bonchev–Trinajstić information content (AvgIpc) is 2.86. The zero-order chi connectivity index (χ0) is 14.9. The van der Waals surface area contributed by atoms with Crippen LogP contribution in [0.15, 0.2) is 18.2 Å². The first-order chi connectivity index (χ1) is 9.49. The standard InChI is InChI=1S/C15H19F2N3/c1-4-10-8-12(20(5-2)19-10)15(18)13-11(16)7-6-9(3)14(13)17/h6-8,15H,4-5,18H2,1-3H3. The zero-order valence-corrected chi connectivity index (χ0v) is 12.0. The van der Waals surface area contributed by atoms with Crippen LogP contribution in [0.2, 0.25) is 0 Å². The molecule has 2 aromatic rings. The summed E-state index contributed by atoms with van der Waals surface area (Å²) in [7, 11) is 0. The van der Waals surface area contributed by atoms with Crippen molar-refractivity contribution >= 4 is 0 Å². The van der Waals surface area contributed by atoms with E-state index in [1.807, 2.05) is 19.9 Å². The lowest BCUT2D eigenvalue weighted by molar-refractivity contribution is 0.521. The normalized spacial score (nSPS) is 12.7. The van der Waals surface area contributed by atoms with Crippen LogP contribution >= 0.6 is 0 Å². The van der Waals surface area contributed by atoms with Gasteiger partial charge in [0.25, 0.3) is 0 Å². The van der Waals surface area contributed by atoms with Crippen LogP contribution in [0.5, 0.6) is 0 Å². The van der Waals surface area contributed by atoms with Crippen molar-refractivity contribution in [3.05, 3.63) is 52.3 Å². The van der Waals surface area contributed by atoms with E-state index in [0.29, 0.717) is 17.8 Å². The second-order valence-corrected chi connectivity index (χ2v) is 4.80. The number of aryl methyl sites for hydroxylation is 3. The number of aromatic nitrogens is 2. The molecule has 0 saturated heterocycles. The second-order valence-electron chi connectivity index (χ2n) is 4.80. The maximum absolute atomic E-state index is 14.2. The first-order valence-corrected chi connectivity index (χ1v) is 6.76. The van der Waals surface area contributed by atoms with Crippen molar-refractivity contribution in [2.45, 2.75) is 39.8 Å². The molecule has 1 unspecified atom stereocenters. The van der Waals surface area contributed by atoms with Crippen LogP contribution < -0.4 is 5.73 Å². The molecule has 0 aliphatic carbocycles.